The normalized spacial score (nSPS) is 20.1. The summed E-state index contributed by atoms with van der Waals surface area (Å²) in [5.41, 5.74) is 1.03. The Morgan fingerprint density at radius 3 is 3.04 bits per heavy atom. The van der Waals surface area contributed by atoms with Crippen LogP contribution in [0.2, 0.25) is 0 Å². The van der Waals surface area contributed by atoms with Crippen LogP contribution in [-0.2, 0) is 12.1 Å². The molecule has 1 N–H and O–H groups in total. The average Bonchev–Trinajstić information content (AvgIpc) is 3.33. The standard InChI is InChI=1S/C19H19FN6O2/c1-12-23-15(9-28-12)8-25-10-19(11-25)5-16(17-22-2-3-26(17)19)24-18(27)13-4-14(20)7-21-6-13/h2-4,6-7,9,16H,5,8,10-11H2,1H3,(H,24,27). The molecule has 1 spiro atoms. The van der Waals surface area contributed by atoms with E-state index < -0.39 is 5.82 Å². The van der Waals surface area contributed by atoms with E-state index in [4.69, 9.17) is 4.42 Å². The van der Waals surface area contributed by atoms with Gasteiger partial charge in [-0.25, -0.2) is 14.4 Å². The van der Waals surface area contributed by atoms with Gasteiger partial charge in [-0.2, -0.15) is 0 Å². The maximum absolute atomic E-state index is 13.4. The van der Waals surface area contributed by atoms with Crippen LogP contribution >= 0.6 is 0 Å². The molecule has 5 heterocycles. The molecule has 5 rings (SSSR count). The Morgan fingerprint density at radius 1 is 1.43 bits per heavy atom. The minimum atomic E-state index is -0.533. The lowest BCUT2D eigenvalue weighted by atomic mass is 9.86. The maximum atomic E-state index is 13.4. The van der Waals surface area contributed by atoms with Crippen molar-refractivity contribution < 1.29 is 13.6 Å². The van der Waals surface area contributed by atoms with E-state index in [1.54, 1.807) is 12.5 Å². The van der Waals surface area contributed by atoms with Gasteiger partial charge in [0.25, 0.3) is 5.91 Å². The number of nitrogens with zero attached hydrogens (tertiary/aromatic N) is 5. The van der Waals surface area contributed by atoms with E-state index in [2.05, 4.69) is 29.7 Å². The van der Waals surface area contributed by atoms with E-state index in [0.29, 0.717) is 5.89 Å². The average molecular weight is 382 g/mol. The smallest absolute Gasteiger partial charge is 0.253 e. The Bertz CT molecular complexity index is 1040. The molecule has 1 fully saturated rings. The number of rotatable bonds is 4. The zero-order valence-electron chi connectivity index (χ0n) is 15.3. The number of aromatic nitrogens is 4. The van der Waals surface area contributed by atoms with Crippen LogP contribution in [-0.4, -0.2) is 43.4 Å². The number of carbonyl (C=O) groups excluding carboxylic acids is 1. The van der Waals surface area contributed by atoms with Gasteiger partial charge in [0.2, 0.25) is 0 Å². The molecule has 3 aromatic rings. The summed E-state index contributed by atoms with van der Waals surface area (Å²) in [5.74, 6) is 0.611. The van der Waals surface area contributed by atoms with Gasteiger partial charge in [-0.1, -0.05) is 0 Å². The molecule has 2 aliphatic heterocycles. The molecule has 0 aromatic carbocycles. The zero-order chi connectivity index (χ0) is 19.3. The Labute approximate surface area is 160 Å². The molecule has 8 nitrogen and oxygen atoms in total. The van der Waals surface area contributed by atoms with Crippen molar-refractivity contribution in [1.82, 2.24) is 29.7 Å². The predicted octanol–water partition coefficient (Wildman–Crippen LogP) is 1.80. The third kappa shape index (κ3) is 2.78. The number of likely N-dealkylation sites (tertiary alicyclic amines) is 1. The Hall–Kier alpha value is -3.07. The Balaban J connectivity index is 1.29. The van der Waals surface area contributed by atoms with Gasteiger partial charge in [0.15, 0.2) is 5.89 Å². The van der Waals surface area contributed by atoms with Crippen molar-refractivity contribution in [2.75, 3.05) is 13.1 Å². The van der Waals surface area contributed by atoms with Gasteiger partial charge in [0.1, 0.15) is 17.9 Å². The van der Waals surface area contributed by atoms with E-state index in [9.17, 15) is 9.18 Å². The van der Waals surface area contributed by atoms with E-state index in [1.807, 2.05) is 13.1 Å². The van der Waals surface area contributed by atoms with Crippen LogP contribution in [0.4, 0.5) is 4.39 Å². The van der Waals surface area contributed by atoms with Gasteiger partial charge in [-0.05, 0) is 6.07 Å². The van der Waals surface area contributed by atoms with Crippen LogP contribution in [0.25, 0.3) is 0 Å². The summed E-state index contributed by atoms with van der Waals surface area (Å²) in [7, 11) is 0. The number of carbonyl (C=O) groups is 1. The molecule has 0 bridgehead atoms. The molecule has 1 unspecified atom stereocenters. The molecule has 1 saturated heterocycles. The fourth-order valence-corrected chi connectivity index (χ4v) is 4.33. The summed E-state index contributed by atoms with van der Waals surface area (Å²) in [4.78, 5) is 27.4. The van der Waals surface area contributed by atoms with Crippen LogP contribution in [0.15, 0.2) is 41.5 Å². The van der Waals surface area contributed by atoms with E-state index in [1.165, 1.54) is 12.3 Å². The maximum Gasteiger partial charge on any atom is 0.253 e. The number of nitrogens with one attached hydrogen (secondary N) is 1. The van der Waals surface area contributed by atoms with Gasteiger partial charge >= 0.3 is 0 Å². The second kappa shape index (κ2) is 6.23. The highest BCUT2D eigenvalue weighted by molar-refractivity contribution is 5.94. The summed E-state index contributed by atoms with van der Waals surface area (Å²) in [5, 5.41) is 2.98. The molecular weight excluding hydrogens is 363 g/mol. The highest BCUT2D eigenvalue weighted by Crippen LogP contribution is 2.44. The number of imidazole rings is 1. The molecule has 0 aliphatic carbocycles. The van der Waals surface area contributed by atoms with E-state index >= 15 is 0 Å². The van der Waals surface area contributed by atoms with Crippen LogP contribution < -0.4 is 5.32 Å². The first kappa shape index (κ1) is 17.1. The topological polar surface area (TPSA) is 89.1 Å². The van der Waals surface area contributed by atoms with Crippen LogP contribution in [0, 0.1) is 12.7 Å². The first-order chi connectivity index (χ1) is 13.5. The SMILES string of the molecule is Cc1nc(CN2CC3(CC(NC(=O)c4cncc(F)c4)c4nccn43)C2)co1. The highest BCUT2D eigenvalue weighted by atomic mass is 19.1. The van der Waals surface area contributed by atoms with Crippen molar-refractivity contribution in [3.05, 3.63) is 65.9 Å². The predicted molar refractivity (Wildman–Crippen MR) is 95.7 cm³/mol. The van der Waals surface area contributed by atoms with Crippen LogP contribution in [0.1, 0.15) is 40.2 Å². The number of fused-ring (bicyclic) bond motifs is 2. The molecule has 9 heteroatoms. The lowest BCUT2D eigenvalue weighted by Gasteiger charge is -2.49. The number of hydrogen-bond acceptors (Lipinski definition) is 6. The Kier molecular flexibility index (Phi) is 3.80. The van der Waals surface area contributed by atoms with Crippen molar-refractivity contribution in [1.29, 1.82) is 0 Å². The number of halogens is 1. The first-order valence-corrected chi connectivity index (χ1v) is 9.11. The summed E-state index contributed by atoms with van der Waals surface area (Å²) < 4.78 is 20.8. The largest absolute Gasteiger partial charge is 0.449 e. The number of hydrogen-bond donors (Lipinski definition) is 1. The second-order valence-electron chi connectivity index (χ2n) is 7.50. The number of oxazole rings is 1. The van der Waals surface area contributed by atoms with Gasteiger partial charge in [-0.15, -0.1) is 0 Å². The quantitative estimate of drug-likeness (QED) is 0.740. The number of aryl methyl sites for hydroxylation is 1. The molecular formula is C19H19FN6O2. The lowest BCUT2D eigenvalue weighted by Crippen LogP contribution is -2.60. The fraction of sp³-hybridized carbons (Fsp3) is 0.368. The molecule has 28 heavy (non-hydrogen) atoms. The Morgan fingerprint density at radius 2 is 2.29 bits per heavy atom. The fourth-order valence-electron chi connectivity index (χ4n) is 4.33. The molecule has 3 aromatic heterocycles. The number of pyridine rings is 1. The van der Waals surface area contributed by atoms with Crippen LogP contribution in [0.5, 0.6) is 0 Å². The zero-order valence-corrected chi connectivity index (χ0v) is 15.3. The number of amides is 1. The summed E-state index contributed by atoms with van der Waals surface area (Å²) in [6.07, 6.45) is 8.59. The van der Waals surface area contributed by atoms with E-state index in [0.717, 1.165) is 43.8 Å². The molecule has 0 saturated carbocycles. The molecule has 1 amide bonds. The first-order valence-electron chi connectivity index (χ1n) is 9.11. The van der Waals surface area contributed by atoms with Gasteiger partial charge in [0.05, 0.1) is 29.0 Å². The molecule has 144 valence electrons. The van der Waals surface area contributed by atoms with Gasteiger partial charge < -0.3 is 14.3 Å². The molecule has 2 aliphatic rings. The minimum absolute atomic E-state index is 0.0945. The minimum Gasteiger partial charge on any atom is -0.449 e. The summed E-state index contributed by atoms with van der Waals surface area (Å²) in [6.45, 7) is 4.25. The molecule has 0 radical (unpaired) electrons. The third-order valence-corrected chi connectivity index (χ3v) is 5.44. The van der Waals surface area contributed by atoms with Crippen molar-refractivity contribution in [3.8, 4) is 0 Å². The lowest BCUT2D eigenvalue weighted by molar-refractivity contribution is 0.00664. The van der Waals surface area contributed by atoms with E-state index in [-0.39, 0.29) is 23.1 Å². The van der Waals surface area contributed by atoms with Crippen molar-refractivity contribution in [2.24, 2.45) is 0 Å². The summed E-state index contributed by atoms with van der Waals surface area (Å²) >= 11 is 0. The van der Waals surface area contributed by atoms with Gasteiger partial charge in [0, 0.05) is 51.6 Å². The van der Waals surface area contributed by atoms with Crippen molar-refractivity contribution in [2.45, 2.75) is 31.5 Å². The van der Waals surface area contributed by atoms with Crippen LogP contribution in [0.3, 0.4) is 0 Å². The summed E-state index contributed by atoms with van der Waals surface area (Å²) in [6, 6.07) is 0.965. The van der Waals surface area contributed by atoms with Crippen molar-refractivity contribution in [3.63, 3.8) is 0 Å². The monoisotopic (exact) mass is 382 g/mol. The molecule has 1 atom stereocenters. The third-order valence-electron chi connectivity index (χ3n) is 5.44. The highest BCUT2D eigenvalue weighted by Gasteiger charge is 2.52. The van der Waals surface area contributed by atoms with Crippen molar-refractivity contribution >= 4 is 5.91 Å². The van der Waals surface area contributed by atoms with Gasteiger partial charge in [-0.3, -0.25) is 14.7 Å². The second-order valence-corrected chi connectivity index (χ2v) is 7.50.